The van der Waals surface area contributed by atoms with E-state index in [4.69, 9.17) is 4.42 Å². The molecule has 19 heavy (non-hydrogen) atoms. The van der Waals surface area contributed by atoms with Crippen molar-refractivity contribution < 1.29 is 17.6 Å². The third-order valence-corrected chi connectivity index (χ3v) is 3.64. The highest BCUT2D eigenvalue weighted by molar-refractivity contribution is 9.10. The summed E-state index contributed by atoms with van der Waals surface area (Å²) >= 11 is 3.20. The number of piperazine rings is 1. The van der Waals surface area contributed by atoms with Gasteiger partial charge in [0.25, 0.3) is 0 Å². The zero-order valence-electron chi connectivity index (χ0n) is 10.3. The number of hydrogen-bond donors (Lipinski definition) is 1. The number of rotatable bonds is 4. The molecular formula is C12H16BrF3N2O. The monoisotopic (exact) mass is 340 g/mol. The van der Waals surface area contributed by atoms with Gasteiger partial charge in [-0.2, -0.15) is 13.2 Å². The molecule has 1 aliphatic heterocycles. The van der Waals surface area contributed by atoms with E-state index in [1.165, 1.54) is 0 Å². The van der Waals surface area contributed by atoms with Gasteiger partial charge in [0.05, 0.1) is 6.04 Å². The van der Waals surface area contributed by atoms with Crippen LogP contribution in [0.1, 0.15) is 24.6 Å². The minimum absolute atomic E-state index is 0.0312. The minimum atomic E-state index is -4.13. The summed E-state index contributed by atoms with van der Waals surface area (Å²) in [7, 11) is 0. The van der Waals surface area contributed by atoms with E-state index in [-0.39, 0.29) is 12.5 Å². The van der Waals surface area contributed by atoms with Crippen molar-refractivity contribution in [2.24, 2.45) is 0 Å². The summed E-state index contributed by atoms with van der Waals surface area (Å²) in [6, 6.07) is 3.15. The molecule has 1 N–H and O–H groups in total. The quantitative estimate of drug-likeness (QED) is 0.911. The van der Waals surface area contributed by atoms with Crippen LogP contribution in [-0.2, 0) is 0 Å². The maximum atomic E-state index is 12.4. The second kappa shape index (κ2) is 6.28. The Bertz CT molecular complexity index is 402. The smallest absolute Gasteiger partial charge is 0.389 e. The standard InChI is InChI=1S/C12H16BrF3N2O/c13-11-2-1-10(19-11)9(3-4-12(14,15)16)18-7-5-17-6-8-18/h1-2,9,17H,3-8H2/t9-/m1/s1. The average Bonchev–Trinajstić information content (AvgIpc) is 2.76. The Labute approximate surface area is 118 Å². The number of nitrogens with zero attached hydrogens (tertiary/aromatic N) is 1. The zero-order valence-corrected chi connectivity index (χ0v) is 11.9. The lowest BCUT2D eigenvalue weighted by Crippen LogP contribution is -2.45. The van der Waals surface area contributed by atoms with Crippen molar-refractivity contribution in [1.82, 2.24) is 10.2 Å². The van der Waals surface area contributed by atoms with Crippen LogP contribution in [0.2, 0.25) is 0 Å². The maximum absolute atomic E-state index is 12.4. The highest BCUT2D eigenvalue weighted by atomic mass is 79.9. The Kier molecular flexibility index (Phi) is 4.92. The van der Waals surface area contributed by atoms with Crippen LogP contribution in [0.25, 0.3) is 0 Å². The summed E-state index contributed by atoms with van der Waals surface area (Å²) < 4.78 is 43.3. The normalized spacial score (nSPS) is 19.6. The predicted molar refractivity (Wildman–Crippen MR) is 68.9 cm³/mol. The highest BCUT2D eigenvalue weighted by Crippen LogP contribution is 2.33. The third kappa shape index (κ3) is 4.50. The molecule has 0 aromatic carbocycles. The summed E-state index contributed by atoms with van der Waals surface area (Å²) in [5.41, 5.74) is 0. The molecule has 1 atom stereocenters. The molecule has 1 aromatic rings. The van der Waals surface area contributed by atoms with Gasteiger partial charge >= 0.3 is 6.18 Å². The summed E-state index contributed by atoms with van der Waals surface area (Å²) in [6.07, 6.45) is -4.89. The second-order valence-corrected chi connectivity index (χ2v) is 5.38. The first-order chi connectivity index (χ1) is 8.96. The molecular weight excluding hydrogens is 325 g/mol. The van der Waals surface area contributed by atoms with Gasteiger partial charge in [-0.05, 0) is 34.5 Å². The molecule has 0 radical (unpaired) electrons. The fourth-order valence-corrected chi connectivity index (χ4v) is 2.63. The lowest BCUT2D eigenvalue weighted by atomic mass is 10.1. The van der Waals surface area contributed by atoms with Crippen LogP contribution < -0.4 is 5.32 Å². The van der Waals surface area contributed by atoms with E-state index in [2.05, 4.69) is 21.2 Å². The van der Waals surface area contributed by atoms with Crippen molar-refractivity contribution in [1.29, 1.82) is 0 Å². The molecule has 1 saturated heterocycles. The van der Waals surface area contributed by atoms with Crippen molar-refractivity contribution in [3.8, 4) is 0 Å². The Balaban J connectivity index is 2.08. The molecule has 2 rings (SSSR count). The summed E-state index contributed by atoms with van der Waals surface area (Å²) in [6.45, 7) is 3.07. The highest BCUT2D eigenvalue weighted by Gasteiger charge is 2.32. The van der Waals surface area contributed by atoms with Crippen LogP contribution in [0.3, 0.4) is 0 Å². The molecule has 2 heterocycles. The van der Waals surface area contributed by atoms with Crippen LogP contribution in [0, 0.1) is 0 Å². The summed E-state index contributed by atoms with van der Waals surface area (Å²) in [5.74, 6) is 0.595. The Morgan fingerprint density at radius 3 is 2.53 bits per heavy atom. The summed E-state index contributed by atoms with van der Waals surface area (Å²) in [4.78, 5) is 2.05. The first-order valence-electron chi connectivity index (χ1n) is 6.22. The van der Waals surface area contributed by atoms with Gasteiger partial charge in [0.2, 0.25) is 0 Å². The van der Waals surface area contributed by atoms with Crippen LogP contribution in [-0.4, -0.2) is 37.3 Å². The van der Waals surface area contributed by atoms with Gasteiger partial charge in [0.1, 0.15) is 5.76 Å². The average molecular weight is 341 g/mol. The fraction of sp³-hybridized carbons (Fsp3) is 0.667. The molecule has 0 spiro atoms. The van der Waals surface area contributed by atoms with Crippen LogP contribution in [0.5, 0.6) is 0 Å². The molecule has 0 bridgehead atoms. The van der Waals surface area contributed by atoms with Crippen LogP contribution in [0.4, 0.5) is 13.2 Å². The number of halogens is 4. The van der Waals surface area contributed by atoms with Crippen molar-refractivity contribution in [3.63, 3.8) is 0 Å². The topological polar surface area (TPSA) is 28.4 Å². The van der Waals surface area contributed by atoms with Crippen molar-refractivity contribution in [2.75, 3.05) is 26.2 Å². The Morgan fingerprint density at radius 2 is 2.00 bits per heavy atom. The maximum Gasteiger partial charge on any atom is 0.389 e. The molecule has 0 aliphatic carbocycles. The van der Waals surface area contributed by atoms with Gasteiger partial charge < -0.3 is 9.73 Å². The van der Waals surface area contributed by atoms with E-state index in [1.54, 1.807) is 12.1 Å². The Hall–Kier alpha value is -0.530. The SMILES string of the molecule is FC(F)(F)CC[C@H](c1ccc(Br)o1)N1CCNCC1. The zero-order chi connectivity index (χ0) is 13.9. The lowest BCUT2D eigenvalue weighted by Gasteiger charge is -2.34. The molecule has 0 unspecified atom stereocenters. The van der Waals surface area contributed by atoms with Gasteiger partial charge in [-0.15, -0.1) is 0 Å². The van der Waals surface area contributed by atoms with Crippen molar-refractivity contribution >= 4 is 15.9 Å². The molecule has 1 fully saturated rings. The largest absolute Gasteiger partial charge is 0.453 e. The van der Waals surface area contributed by atoms with Crippen molar-refractivity contribution in [3.05, 3.63) is 22.6 Å². The molecule has 1 aliphatic rings. The van der Waals surface area contributed by atoms with E-state index in [1.807, 2.05) is 4.90 Å². The first-order valence-corrected chi connectivity index (χ1v) is 7.02. The van der Waals surface area contributed by atoms with E-state index in [9.17, 15) is 13.2 Å². The fourth-order valence-electron chi connectivity index (χ4n) is 2.31. The van der Waals surface area contributed by atoms with E-state index in [0.717, 1.165) is 26.2 Å². The van der Waals surface area contributed by atoms with Crippen molar-refractivity contribution in [2.45, 2.75) is 25.1 Å². The summed E-state index contributed by atoms with van der Waals surface area (Å²) in [5, 5.41) is 3.19. The minimum Gasteiger partial charge on any atom is -0.453 e. The molecule has 7 heteroatoms. The third-order valence-electron chi connectivity index (χ3n) is 3.22. The number of nitrogens with one attached hydrogen (secondary N) is 1. The molecule has 0 amide bonds. The van der Waals surface area contributed by atoms with Gasteiger partial charge in [-0.25, -0.2) is 0 Å². The van der Waals surface area contributed by atoms with Crippen LogP contribution in [0.15, 0.2) is 21.2 Å². The Morgan fingerprint density at radius 1 is 1.32 bits per heavy atom. The number of hydrogen-bond acceptors (Lipinski definition) is 3. The molecule has 108 valence electrons. The van der Waals surface area contributed by atoms with E-state index < -0.39 is 12.6 Å². The molecule has 1 aromatic heterocycles. The van der Waals surface area contributed by atoms with Gasteiger partial charge in [0.15, 0.2) is 4.67 Å². The van der Waals surface area contributed by atoms with Gasteiger partial charge in [-0.1, -0.05) is 0 Å². The van der Waals surface area contributed by atoms with Gasteiger partial charge in [0, 0.05) is 32.6 Å². The number of furan rings is 1. The molecule has 3 nitrogen and oxygen atoms in total. The lowest BCUT2D eigenvalue weighted by molar-refractivity contribution is -0.139. The first kappa shape index (κ1) is 14.9. The van der Waals surface area contributed by atoms with Gasteiger partial charge in [-0.3, -0.25) is 4.90 Å². The predicted octanol–water partition coefficient (Wildman–Crippen LogP) is 3.33. The van der Waals surface area contributed by atoms with E-state index >= 15 is 0 Å². The second-order valence-electron chi connectivity index (χ2n) is 4.60. The number of alkyl halides is 3. The van der Waals surface area contributed by atoms with Crippen LogP contribution >= 0.6 is 15.9 Å². The molecule has 0 saturated carbocycles. The van der Waals surface area contributed by atoms with E-state index in [0.29, 0.717) is 10.4 Å².